The highest BCUT2D eigenvalue weighted by Gasteiger charge is 2.14. The lowest BCUT2D eigenvalue weighted by molar-refractivity contribution is -0.139. The SMILES string of the molecule is C/C=C(/CC(OC)OC)C(=O)OC. The van der Waals surface area contributed by atoms with Crippen LogP contribution in [0.3, 0.4) is 0 Å². The molecule has 0 aromatic rings. The van der Waals surface area contributed by atoms with Gasteiger partial charge >= 0.3 is 5.97 Å². The second-order valence-electron chi connectivity index (χ2n) is 2.41. The Morgan fingerprint density at radius 2 is 1.85 bits per heavy atom. The van der Waals surface area contributed by atoms with Gasteiger partial charge in [0, 0.05) is 26.2 Å². The van der Waals surface area contributed by atoms with Crippen molar-refractivity contribution in [3.8, 4) is 0 Å². The molecule has 0 rings (SSSR count). The first-order valence-corrected chi connectivity index (χ1v) is 3.98. The van der Waals surface area contributed by atoms with E-state index < -0.39 is 6.29 Å². The molecule has 13 heavy (non-hydrogen) atoms. The van der Waals surface area contributed by atoms with Crippen molar-refractivity contribution in [2.24, 2.45) is 0 Å². The molecular weight excluding hydrogens is 172 g/mol. The highest BCUT2D eigenvalue weighted by Crippen LogP contribution is 2.10. The summed E-state index contributed by atoms with van der Waals surface area (Å²) in [4.78, 5) is 11.1. The van der Waals surface area contributed by atoms with Crippen LogP contribution in [0.25, 0.3) is 0 Å². The standard InChI is InChI=1S/C9H16O4/c1-5-7(9(10)13-4)6-8(11-2)12-3/h5,8H,6H2,1-4H3/b7-5-. The number of rotatable bonds is 5. The Morgan fingerprint density at radius 3 is 2.15 bits per heavy atom. The summed E-state index contributed by atoms with van der Waals surface area (Å²) in [5.74, 6) is -0.346. The van der Waals surface area contributed by atoms with E-state index in [1.165, 1.54) is 21.3 Å². The van der Waals surface area contributed by atoms with Crippen LogP contribution < -0.4 is 0 Å². The molecule has 0 fully saturated rings. The monoisotopic (exact) mass is 188 g/mol. The summed E-state index contributed by atoms with van der Waals surface area (Å²) < 4.78 is 14.5. The number of carbonyl (C=O) groups is 1. The summed E-state index contributed by atoms with van der Waals surface area (Å²) in [7, 11) is 4.40. The van der Waals surface area contributed by atoms with Crippen LogP contribution in [-0.2, 0) is 19.0 Å². The number of allylic oxidation sites excluding steroid dienone is 1. The van der Waals surface area contributed by atoms with E-state index in [1.54, 1.807) is 13.0 Å². The topological polar surface area (TPSA) is 44.8 Å². The maximum atomic E-state index is 11.1. The maximum Gasteiger partial charge on any atom is 0.333 e. The molecule has 0 atom stereocenters. The molecule has 0 aliphatic rings. The van der Waals surface area contributed by atoms with Crippen LogP contribution in [-0.4, -0.2) is 33.6 Å². The van der Waals surface area contributed by atoms with Crippen LogP contribution >= 0.6 is 0 Å². The minimum atomic E-state index is -0.398. The summed E-state index contributed by atoms with van der Waals surface area (Å²) in [5, 5.41) is 0. The first-order valence-electron chi connectivity index (χ1n) is 3.98. The molecule has 0 N–H and O–H groups in total. The second-order valence-corrected chi connectivity index (χ2v) is 2.41. The summed E-state index contributed by atoms with van der Waals surface area (Å²) in [6.45, 7) is 1.77. The molecule has 0 bridgehead atoms. The van der Waals surface area contributed by atoms with Crippen molar-refractivity contribution in [3.63, 3.8) is 0 Å². The Hall–Kier alpha value is -0.870. The average Bonchev–Trinajstić information content (AvgIpc) is 2.19. The Balaban J connectivity index is 4.20. The molecule has 0 spiro atoms. The van der Waals surface area contributed by atoms with E-state index in [4.69, 9.17) is 9.47 Å². The van der Waals surface area contributed by atoms with Gasteiger partial charge in [0.1, 0.15) is 0 Å². The highest BCUT2D eigenvalue weighted by atomic mass is 16.7. The molecule has 0 radical (unpaired) electrons. The third-order valence-corrected chi connectivity index (χ3v) is 1.71. The first kappa shape index (κ1) is 12.1. The zero-order chi connectivity index (χ0) is 10.3. The Bertz CT molecular complexity index is 182. The van der Waals surface area contributed by atoms with Gasteiger partial charge in [0.05, 0.1) is 7.11 Å². The number of methoxy groups -OCH3 is 3. The number of carbonyl (C=O) groups excluding carboxylic acids is 1. The van der Waals surface area contributed by atoms with Gasteiger partial charge < -0.3 is 14.2 Å². The Labute approximate surface area is 78.5 Å². The van der Waals surface area contributed by atoms with Crippen LogP contribution in [0.2, 0.25) is 0 Å². The molecule has 0 aliphatic heterocycles. The highest BCUT2D eigenvalue weighted by molar-refractivity contribution is 5.88. The molecule has 0 saturated heterocycles. The predicted molar refractivity (Wildman–Crippen MR) is 48.2 cm³/mol. The van der Waals surface area contributed by atoms with Crippen molar-refractivity contribution in [3.05, 3.63) is 11.6 Å². The predicted octanol–water partition coefficient (Wildman–Crippen LogP) is 1.11. The Morgan fingerprint density at radius 1 is 1.31 bits per heavy atom. The molecule has 0 aliphatic carbocycles. The molecule has 0 aromatic carbocycles. The summed E-state index contributed by atoms with van der Waals surface area (Å²) in [6, 6.07) is 0. The van der Waals surface area contributed by atoms with Gasteiger partial charge in [-0.2, -0.15) is 0 Å². The molecule has 76 valence electrons. The molecular formula is C9H16O4. The lowest BCUT2D eigenvalue weighted by atomic mass is 10.2. The molecule has 4 nitrogen and oxygen atoms in total. The lowest BCUT2D eigenvalue weighted by Gasteiger charge is -2.13. The van der Waals surface area contributed by atoms with Crippen molar-refractivity contribution in [1.29, 1.82) is 0 Å². The number of hydrogen-bond donors (Lipinski definition) is 0. The van der Waals surface area contributed by atoms with E-state index in [2.05, 4.69) is 4.74 Å². The smallest absolute Gasteiger partial charge is 0.333 e. The van der Waals surface area contributed by atoms with Gasteiger partial charge in [-0.1, -0.05) is 6.08 Å². The van der Waals surface area contributed by atoms with Gasteiger partial charge in [0.15, 0.2) is 6.29 Å². The van der Waals surface area contributed by atoms with Gasteiger partial charge in [-0.15, -0.1) is 0 Å². The zero-order valence-electron chi connectivity index (χ0n) is 8.49. The third kappa shape index (κ3) is 4.05. The third-order valence-electron chi connectivity index (χ3n) is 1.71. The fourth-order valence-electron chi connectivity index (χ4n) is 0.893. The number of esters is 1. The van der Waals surface area contributed by atoms with E-state index in [0.29, 0.717) is 12.0 Å². The minimum absolute atomic E-state index is 0.346. The van der Waals surface area contributed by atoms with Gasteiger partial charge in [-0.05, 0) is 6.92 Å². The van der Waals surface area contributed by atoms with Crippen molar-refractivity contribution in [2.45, 2.75) is 19.6 Å². The molecule has 4 heteroatoms. The van der Waals surface area contributed by atoms with Crippen molar-refractivity contribution >= 4 is 5.97 Å². The van der Waals surface area contributed by atoms with E-state index in [-0.39, 0.29) is 5.97 Å². The van der Waals surface area contributed by atoms with E-state index in [1.807, 2.05) is 0 Å². The Kier molecular flexibility index (Phi) is 6.18. The molecule has 0 unspecified atom stereocenters. The van der Waals surface area contributed by atoms with Gasteiger partial charge in [0.2, 0.25) is 0 Å². The fraction of sp³-hybridized carbons (Fsp3) is 0.667. The molecule has 0 aromatic heterocycles. The van der Waals surface area contributed by atoms with Crippen molar-refractivity contribution < 1.29 is 19.0 Å². The maximum absolute atomic E-state index is 11.1. The van der Waals surface area contributed by atoms with E-state index in [0.717, 1.165) is 0 Å². The van der Waals surface area contributed by atoms with E-state index >= 15 is 0 Å². The fourth-order valence-corrected chi connectivity index (χ4v) is 0.893. The summed E-state index contributed by atoms with van der Waals surface area (Å²) in [6.07, 6.45) is 1.69. The normalized spacial score (nSPS) is 11.9. The van der Waals surface area contributed by atoms with E-state index in [9.17, 15) is 4.79 Å². The van der Waals surface area contributed by atoms with Gasteiger partial charge in [-0.3, -0.25) is 0 Å². The molecule has 0 heterocycles. The minimum Gasteiger partial charge on any atom is -0.466 e. The largest absolute Gasteiger partial charge is 0.466 e. The number of ether oxygens (including phenoxy) is 3. The summed E-state index contributed by atoms with van der Waals surface area (Å²) in [5.41, 5.74) is 0.552. The van der Waals surface area contributed by atoms with Gasteiger partial charge in [0.25, 0.3) is 0 Å². The van der Waals surface area contributed by atoms with Crippen LogP contribution in [0.4, 0.5) is 0 Å². The average molecular weight is 188 g/mol. The summed E-state index contributed by atoms with van der Waals surface area (Å²) >= 11 is 0. The zero-order valence-corrected chi connectivity index (χ0v) is 8.49. The van der Waals surface area contributed by atoms with Crippen molar-refractivity contribution in [2.75, 3.05) is 21.3 Å². The molecule has 0 amide bonds. The van der Waals surface area contributed by atoms with Crippen LogP contribution in [0.15, 0.2) is 11.6 Å². The van der Waals surface area contributed by atoms with Crippen LogP contribution in [0.5, 0.6) is 0 Å². The van der Waals surface area contributed by atoms with Crippen LogP contribution in [0.1, 0.15) is 13.3 Å². The van der Waals surface area contributed by atoms with Crippen LogP contribution in [0, 0.1) is 0 Å². The quantitative estimate of drug-likeness (QED) is 0.368. The second kappa shape index (κ2) is 6.62. The van der Waals surface area contributed by atoms with Gasteiger partial charge in [-0.25, -0.2) is 4.79 Å². The molecule has 0 saturated carbocycles. The first-order chi connectivity index (χ1) is 6.19. The number of hydrogen-bond acceptors (Lipinski definition) is 4. The van der Waals surface area contributed by atoms with Crippen molar-refractivity contribution in [1.82, 2.24) is 0 Å². The lowest BCUT2D eigenvalue weighted by Crippen LogP contribution is -2.17.